The average Bonchev–Trinajstić information content (AvgIpc) is 2.42. The first-order chi connectivity index (χ1) is 9.88. The van der Waals surface area contributed by atoms with Crippen LogP contribution in [-0.4, -0.2) is 23.7 Å². The van der Waals surface area contributed by atoms with Crippen LogP contribution in [0.25, 0.3) is 0 Å². The molecule has 0 amide bonds. The number of rotatable bonds is 9. The Kier molecular flexibility index (Phi) is 7.44. The Bertz CT molecular complexity index is 425. The van der Waals surface area contributed by atoms with E-state index in [1.165, 1.54) is 11.1 Å². The molecule has 0 saturated heterocycles. The van der Waals surface area contributed by atoms with Gasteiger partial charge in [-0.1, -0.05) is 43.7 Å². The number of aliphatic carboxylic acids is 1. The zero-order chi connectivity index (χ0) is 15.8. The maximum Gasteiger partial charge on any atom is 0.307 e. The number of carbonyl (C=O) groups is 1. The Morgan fingerprint density at radius 2 is 1.81 bits per heavy atom. The van der Waals surface area contributed by atoms with E-state index in [2.05, 4.69) is 57.3 Å². The van der Waals surface area contributed by atoms with Gasteiger partial charge in [0.15, 0.2) is 0 Å². The largest absolute Gasteiger partial charge is 0.481 e. The second-order valence-corrected chi connectivity index (χ2v) is 6.50. The molecule has 2 N–H and O–H groups in total. The molecule has 2 atom stereocenters. The Labute approximate surface area is 128 Å². The molecular weight excluding hydrogens is 262 g/mol. The van der Waals surface area contributed by atoms with Gasteiger partial charge in [0.1, 0.15) is 0 Å². The van der Waals surface area contributed by atoms with E-state index >= 15 is 0 Å². The number of hydrogen-bond acceptors (Lipinski definition) is 2. The highest BCUT2D eigenvalue weighted by Crippen LogP contribution is 2.12. The van der Waals surface area contributed by atoms with Crippen LogP contribution in [0, 0.1) is 18.8 Å². The minimum absolute atomic E-state index is 0.285. The lowest BCUT2D eigenvalue weighted by molar-refractivity contribution is -0.142. The zero-order valence-electron chi connectivity index (χ0n) is 13.7. The fourth-order valence-electron chi connectivity index (χ4n) is 2.42. The molecule has 1 aromatic rings. The molecule has 0 aliphatic rings. The first-order valence-electron chi connectivity index (χ1n) is 7.90. The van der Waals surface area contributed by atoms with E-state index in [0.29, 0.717) is 18.5 Å². The van der Waals surface area contributed by atoms with E-state index in [9.17, 15) is 9.90 Å². The van der Waals surface area contributed by atoms with Crippen molar-refractivity contribution in [3.8, 4) is 0 Å². The topological polar surface area (TPSA) is 49.3 Å². The van der Waals surface area contributed by atoms with Crippen molar-refractivity contribution >= 4 is 5.97 Å². The number of carboxylic acid groups (broad SMARTS) is 1. The molecule has 0 aliphatic carbocycles. The minimum atomic E-state index is -0.693. The summed E-state index contributed by atoms with van der Waals surface area (Å²) < 4.78 is 0. The second kappa shape index (κ2) is 8.83. The fraction of sp³-hybridized carbons (Fsp3) is 0.611. The van der Waals surface area contributed by atoms with Crippen molar-refractivity contribution in [1.82, 2.24) is 5.32 Å². The predicted molar refractivity (Wildman–Crippen MR) is 87.5 cm³/mol. The lowest BCUT2D eigenvalue weighted by Crippen LogP contribution is -2.35. The van der Waals surface area contributed by atoms with Crippen LogP contribution in [0.5, 0.6) is 0 Å². The average molecular weight is 291 g/mol. The SMILES string of the molecule is Cc1ccc(CCC(C)NCC(CC(C)C)C(=O)O)cc1. The highest BCUT2D eigenvalue weighted by atomic mass is 16.4. The van der Waals surface area contributed by atoms with Crippen molar-refractivity contribution in [3.05, 3.63) is 35.4 Å². The summed E-state index contributed by atoms with van der Waals surface area (Å²) in [5.74, 6) is -0.565. The summed E-state index contributed by atoms with van der Waals surface area (Å²) in [4.78, 5) is 11.2. The van der Waals surface area contributed by atoms with E-state index < -0.39 is 5.97 Å². The third-order valence-corrected chi connectivity index (χ3v) is 3.80. The molecule has 3 heteroatoms. The molecule has 2 unspecified atom stereocenters. The van der Waals surface area contributed by atoms with Gasteiger partial charge >= 0.3 is 5.97 Å². The van der Waals surface area contributed by atoms with Crippen LogP contribution in [0.3, 0.4) is 0 Å². The summed E-state index contributed by atoms with van der Waals surface area (Å²) in [6.07, 6.45) is 2.78. The fourth-order valence-corrected chi connectivity index (χ4v) is 2.42. The van der Waals surface area contributed by atoms with E-state index in [-0.39, 0.29) is 5.92 Å². The lowest BCUT2D eigenvalue weighted by Gasteiger charge is -2.19. The summed E-state index contributed by atoms with van der Waals surface area (Å²) in [6.45, 7) is 8.91. The maximum atomic E-state index is 11.2. The first kappa shape index (κ1) is 17.7. The molecule has 0 spiro atoms. The van der Waals surface area contributed by atoms with Crippen LogP contribution in [-0.2, 0) is 11.2 Å². The Morgan fingerprint density at radius 1 is 1.19 bits per heavy atom. The van der Waals surface area contributed by atoms with E-state index in [0.717, 1.165) is 19.3 Å². The summed E-state index contributed by atoms with van der Waals surface area (Å²) in [5.41, 5.74) is 2.62. The van der Waals surface area contributed by atoms with E-state index in [1.54, 1.807) is 0 Å². The molecule has 0 bridgehead atoms. The highest BCUT2D eigenvalue weighted by molar-refractivity contribution is 5.70. The molecule has 3 nitrogen and oxygen atoms in total. The first-order valence-corrected chi connectivity index (χ1v) is 7.90. The number of carboxylic acids is 1. The van der Waals surface area contributed by atoms with Gasteiger partial charge in [0, 0.05) is 12.6 Å². The molecule has 0 aromatic heterocycles. The van der Waals surface area contributed by atoms with Crippen LogP contribution in [0.4, 0.5) is 0 Å². The van der Waals surface area contributed by atoms with Crippen LogP contribution >= 0.6 is 0 Å². The molecule has 0 heterocycles. The van der Waals surface area contributed by atoms with E-state index in [1.807, 2.05) is 0 Å². The number of nitrogens with one attached hydrogen (secondary N) is 1. The third kappa shape index (κ3) is 7.28. The van der Waals surface area contributed by atoms with E-state index in [4.69, 9.17) is 0 Å². The molecule has 0 fully saturated rings. The lowest BCUT2D eigenvalue weighted by atomic mass is 9.96. The molecule has 21 heavy (non-hydrogen) atoms. The van der Waals surface area contributed by atoms with Crippen molar-refractivity contribution in [1.29, 1.82) is 0 Å². The molecule has 1 aromatic carbocycles. The van der Waals surface area contributed by atoms with Crippen molar-refractivity contribution in [2.24, 2.45) is 11.8 Å². The van der Waals surface area contributed by atoms with Gasteiger partial charge in [0.2, 0.25) is 0 Å². The molecule has 0 aliphatic heterocycles. The molecule has 0 radical (unpaired) electrons. The normalized spacial score (nSPS) is 14.1. The highest BCUT2D eigenvalue weighted by Gasteiger charge is 2.19. The van der Waals surface area contributed by atoms with Gasteiger partial charge in [0.25, 0.3) is 0 Å². The Hall–Kier alpha value is -1.35. The third-order valence-electron chi connectivity index (χ3n) is 3.80. The Balaban J connectivity index is 2.33. The van der Waals surface area contributed by atoms with Crippen LogP contribution in [0.15, 0.2) is 24.3 Å². The quantitative estimate of drug-likeness (QED) is 0.730. The van der Waals surface area contributed by atoms with Gasteiger partial charge in [0.05, 0.1) is 5.92 Å². The molecule has 1 rings (SSSR count). The number of benzene rings is 1. The van der Waals surface area contributed by atoms with Gasteiger partial charge in [-0.3, -0.25) is 4.79 Å². The van der Waals surface area contributed by atoms with Gasteiger partial charge in [-0.05, 0) is 44.6 Å². The maximum absolute atomic E-state index is 11.2. The summed E-state index contributed by atoms with van der Waals surface area (Å²) in [7, 11) is 0. The van der Waals surface area contributed by atoms with Gasteiger partial charge in [-0.15, -0.1) is 0 Å². The molecule has 118 valence electrons. The minimum Gasteiger partial charge on any atom is -0.481 e. The van der Waals surface area contributed by atoms with Crippen molar-refractivity contribution in [3.63, 3.8) is 0 Å². The monoisotopic (exact) mass is 291 g/mol. The van der Waals surface area contributed by atoms with Crippen molar-refractivity contribution in [2.45, 2.75) is 53.0 Å². The zero-order valence-corrected chi connectivity index (χ0v) is 13.7. The number of hydrogen-bond donors (Lipinski definition) is 2. The van der Waals surface area contributed by atoms with Gasteiger partial charge in [-0.2, -0.15) is 0 Å². The standard InChI is InChI=1S/C18H29NO2/c1-13(2)11-17(18(20)21)12-19-15(4)7-10-16-8-5-14(3)6-9-16/h5-6,8-9,13,15,17,19H,7,10-12H2,1-4H3,(H,20,21). The van der Waals surface area contributed by atoms with Gasteiger partial charge in [-0.25, -0.2) is 0 Å². The van der Waals surface area contributed by atoms with Crippen molar-refractivity contribution in [2.75, 3.05) is 6.54 Å². The smallest absolute Gasteiger partial charge is 0.307 e. The summed E-state index contributed by atoms with van der Waals surface area (Å²) in [6, 6.07) is 8.94. The van der Waals surface area contributed by atoms with Crippen LogP contribution in [0.1, 0.15) is 44.7 Å². The Morgan fingerprint density at radius 3 is 2.33 bits per heavy atom. The molecule has 0 saturated carbocycles. The number of aryl methyl sites for hydroxylation is 2. The van der Waals surface area contributed by atoms with Gasteiger partial charge < -0.3 is 10.4 Å². The molecular formula is C18H29NO2. The van der Waals surface area contributed by atoms with Crippen LogP contribution < -0.4 is 5.32 Å². The summed E-state index contributed by atoms with van der Waals surface area (Å²) >= 11 is 0. The van der Waals surface area contributed by atoms with Crippen molar-refractivity contribution < 1.29 is 9.90 Å². The summed E-state index contributed by atoms with van der Waals surface area (Å²) in [5, 5.41) is 12.6. The van der Waals surface area contributed by atoms with Crippen LogP contribution in [0.2, 0.25) is 0 Å². The second-order valence-electron chi connectivity index (χ2n) is 6.50. The predicted octanol–water partition coefficient (Wildman–Crippen LogP) is 3.65.